The fourth-order valence-corrected chi connectivity index (χ4v) is 9.09. The number of fused-ring (bicyclic) bond motifs is 4. The second-order valence-electron chi connectivity index (χ2n) is 6.69. The van der Waals surface area contributed by atoms with Crippen LogP contribution in [0, 0.1) is 6.92 Å². The molecular weight excluding hydrogens is 438 g/mol. The monoisotopic (exact) mass is 454 g/mol. The molecule has 0 N–H and O–H groups in total. The van der Waals surface area contributed by atoms with Crippen molar-refractivity contribution in [1.29, 1.82) is 0 Å². The summed E-state index contributed by atoms with van der Waals surface area (Å²) >= 11 is -0.712. The average Bonchev–Trinajstić information content (AvgIpc) is 3.17. The van der Waals surface area contributed by atoms with Crippen molar-refractivity contribution in [3.05, 3.63) is 101 Å². The van der Waals surface area contributed by atoms with Crippen LogP contribution >= 0.6 is 0 Å². The molecule has 26 heavy (non-hydrogen) atoms. The Morgan fingerprint density at radius 1 is 0.731 bits per heavy atom. The fourth-order valence-electron chi connectivity index (χ4n) is 4.20. The Kier molecular flexibility index (Phi) is 5.92. The molecule has 3 aromatic rings. The zero-order chi connectivity index (χ0) is 16.1. The maximum atomic E-state index is 2.47. The molecule has 0 saturated heterocycles. The normalized spacial score (nSPS) is 18.0. The molecule has 3 heteroatoms. The van der Waals surface area contributed by atoms with E-state index in [1.807, 2.05) is 0 Å². The first-order chi connectivity index (χ1) is 11.8. The van der Waals surface area contributed by atoms with Crippen molar-refractivity contribution in [3.63, 3.8) is 0 Å². The van der Waals surface area contributed by atoms with Crippen molar-refractivity contribution in [3.8, 4) is 11.1 Å². The summed E-state index contributed by atoms with van der Waals surface area (Å²) in [6.07, 6.45) is 4.80. The minimum atomic E-state index is -0.712. The number of benzene rings is 3. The molecule has 2 unspecified atom stereocenters. The molecular formula is C23H18Cl2Zr. The summed E-state index contributed by atoms with van der Waals surface area (Å²) in [7, 11) is 0. The number of rotatable bonds is 2. The van der Waals surface area contributed by atoms with Gasteiger partial charge in [-0.2, -0.15) is 0 Å². The van der Waals surface area contributed by atoms with E-state index < -0.39 is 23.2 Å². The molecule has 2 aliphatic carbocycles. The molecule has 0 aliphatic heterocycles. The van der Waals surface area contributed by atoms with Gasteiger partial charge < -0.3 is 24.8 Å². The minimum Gasteiger partial charge on any atom is -1.00 e. The topological polar surface area (TPSA) is 0 Å². The summed E-state index contributed by atoms with van der Waals surface area (Å²) in [5, 5.41) is 0. The van der Waals surface area contributed by atoms with Crippen LogP contribution in [0.5, 0.6) is 0 Å². The van der Waals surface area contributed by atoms with Crippen LogP contribution in [-0.2, 0) is 23.2 Å². The average molecular weight is 457 g/mol. The first-order valence-corrected chi connectivity index (χ1v) is 11.4. The Bertz CT molecular complexity index is 977. The summed E-state index contributed by atoms with van der Waals surface area (Å²) in [5.74, 6) is 0. The van der Waals surface area contributed by atoms with Gasteiger partial charge in [0.25, 0.3) is 0 Å². The van der Waals surface area contributed by atoms with Crippen LogP contribution < -0.4 is 24.8 Å². The van der Waals surface area contributed by atoms with Crippen molar-refractivity contribution in [2.24, 2.45) is 0 Å². The van der Waals surface area contributed by atoms with Gasteiger partial charge >= 0.3 is 155 Å². The van der Waals surface area contributed by atoms with E-state index in [4.69, 9.17) is 0 Å². The maximum absolute atomic E-state index is 2.47. The van der Waals surface area contributed by atoms with Crippen LogP contribution in [0.1, 0.15) is 35.1 Å². The first kappa shape index (κ1) is 19.6. The van der Waals surface area contributed by atoms with Crippen molar-refractivity contribution in [1.82, 2.24) is 0 Å². The zero-order valence-corrected chi connectivity index (χ0v) is 18.4. The Morgan fingerprint density at radius 3 is 2.27 bits per heavy atom. The second-order valence-corrected chi connectivity index (χ2v) is 10.5. The van der Waals surface area contributed by atoms with Crippen LogP contribution in [0.15, 0.2) is 72.8 Å². The van der Waals surface area contributed by atoms with Gasteiger partial charge in [0.1, 0.15) is 0 Å². The maximum Gasteiger partial charge on any atom is -1.00 e. The molecule has 5 rings (SSSR count). The summed E-state index contributed by atoms with van der Waals surface area (Å²) in [5.41, 5.74) is 10.6. The van der Waals surface area contributed by atoms with Crippen molar-refractivity contribution in [2.75, 3.05) is 0 Å². The van der Waals surface area contributed by atoms with Crippen LogP contribution in [0.25, 0.3) is 17.2 Å². The molecule has 0 spiro atoms. The zero-order valence-electron chi connectivity index (χ0n) is 14.4. The Hall–Kier alpha value is -1.14. The molecule has 0 amide bonds. The van der Waals surface area contributed by atoms with Gasteiger partial charge in [-0.3, -0.25) is 0 Å². The van der Waals surface area contributed by atoms with Gasteiger partial charge in [-0.15, -0.1) is 0 Å². The molecule has 0 fully saturated rings. The molecule has 0 nitrogen and oxygen atoms in total. The molecule has 0 saturated carbocycles. The van der Waals surface area contributed by atoms with E-state index in [-0.39, 0.29) is 24.8 Å². The van der Waals surface area contributed by atoms with Crippen molar-refractivity contribution < 1.29 is 48.0 Å². The molecule has 0 radical (unpaired) electrons. The largest absolute Gasteiger partial charge is 1.00 e. The van der Waals surface area contributed by atoms with E-state index in [1.165, 1.54) is 22.3 Å². The van der Waals surface area contributed by atoms with Crippen LogP contribution in [-0.4, -0.2) is 0 Å². The van der Waals surface area contributed by atoms with Gasteiger partial charge in [0, 0.05) is 0 Å². The van der Waals surface area contributed by atoms with Gasteiger partial charge in [-0.1, -0.05) is 0 Å². The second kappa shape index (κ2) is 7.85. The van der Waals surface area contributed by atoms with Crippen LogP contribution in [0.3, 0.4) is 0 Å². The van der Waals surface area contributed by atoms with E-state index in [1.54, 1.807) is 16.7 Å². The third-order valence-corrected chi connectivity index (χ3v) is 9.73. The Labute approximate surface area is 179 Å². The molecule has 0 heterocycles. The van der Waals surface area contributed by atoms with Crippen LogP contribution in [0.2, 0.25) is 0 Å². The van der Waals surface area contributed by atoms with E-state index in [9.17, 15) is 0 Å². The van der Waals surface area contributed by atoms with Gasteiger partial charge in [0.2, 0.25) is 0 Å². The third-order valence-electron chi connectivity index (χ3n) is 5.32. The van der Waals surface area contributed by atoms with Gasteiger partial charge in [0.15, 0.2) is 0 Å². The Morgan fingerprint density at radius 2 is 1.42 bits per heavy atom. The molecule has 3 aromatic carbocycles. The summed E-state index contributed by atoms with van der Waals surface area (Å²) < 4.78 is 1.36. The van der Waals surface area contributed by atoms with Gasteiger partial charge in [0.05, 0.1) is 0 Å². The first-order valence-electron chi connectivity index (χ1n) is 8.55. The molecule has 128 valence electrons. The van der Waals surface area contributed by atoms with E-state index >= 15 is 0 Å². The fraction of sp³-hybridized carbons (Fsp3) is 0.130. The number of allylic oxidation sites excluding steroid dienone is 1. The predicted molar refractivity (Wildman–Crippen MR) is 96.7 cm³/mol. The Balaban J connectivity index is 0.000000980. The summed E-state index contributed by atoms with van der Waals surface area (Å²) in [6, 6.07) is 24.8. The quantitative estimate of drug-likeness (QED) is 0.507. The molecule has 0 bridgehead atoms. The van der Waals surface area contributed by atoms with Crippen LogP contribution in [0.4, 0.5) is 0 Å². The number of hydrogen-bond donors (Lipinski definition) is 0. The predicted octanol–water partition coefficient (Wildman–Crippen LogP) is -0.0766. The standard InChI is InChI=1S/C14H11.C9H7.2ClH.Zr/c1-10-5-4-8-13-12-7-3-2-6-11(12)9-14(10)13;1-2-5-9-7-3-6-8(9)4-1;;;/h2-9H,1H3;1-7H;2*1H;/q;;;;+2/p-2. The molecule has 0 aromatic heterocycles. The third kappa shape index (κ3) is 3.05. The van der Waals surface area contributed by atoms with E-state index in [2.05, 4.69) is 85.8 Å². The van der Waals surface area contributed by atoms with Gasteiger partial charge in [-0.25, -0.2) is 0 Å². The minimum absolute atomic E-state index is 0. The molecule has 2 aliphatic rings. The summed E-state index contributed by atoms with van der Waals surface area (Å²) in [6.45, 7) is 2.29. The van der Waals surface area contributed by atoms with E-state index in [0.717, 1.165) is 0 Å². The van der Waals surface area contributed by atoms with Crippen molar-refractivity contribution >= 4 is 6.08 Å². The number of aryl methyl sites for hydroxylation is 1. The van der Waals surface area contributed by atoms with Crippen molar-refractivity contribution in [2.45, 2.75) is 14.2 Å². The summed E-state index contributed by atoms with van der Waals surface area (Å²) in [4.78, 5) is 0. The molecule has 2 atom stereocenters. The van der Waals surface area contributed by atoms with Gasteiger partial charge in [-0.05, 0) is 0 Å². The smallest absolute Gasteiger partial charge is 1.00 e. The number of hydrogen-bond acceptors (Lipinski definition) is 0. The van der Waals surface area contributed by atoms with E-state index in [0.29, 0.717) is 7.25 Å². The SMILES string of the molecule is Cc1cccc2c1[CH]([Zr+2][CH]1C=Cc3ccccc31)c1ccccc1-2.[Cl-].[Cl-]. The number of halogens is 2.